The van der Waals surface area contributed by atoms with Gasteiger partial charge in [-0.15, -0.1) is 0 Å². The zero-order valence-corrected chi connectivity index (χ0v) is 45.6. The summed E-state index contributed by atoms with van der Waals surface area (Å²) in [5.41, 5.74) is 0. The van der Waals surface area contributed by atoms with Crippen molar-refractivity contribution in [1.29, 1.82) is 0 Å². The van der Waals surface area contributed by atoms with Crippen LogP contribution >= 0.6 is 15.6 Å². The lowest BCUT2D eigenvalue weighted by Gasteiger charge is -2.19. The predicted molar refractivity (Wildman–Crippen MR) is 288 cm³/mol. The van der Waals surface area contributed by atoms with E-state index in [1.807, 2.05) is 0 Å². The first kappa shape index (κ1) is 69.0. The standard InChI is InChI=1S/C55H94O15P2/c1-3-5-7-9-11-13-15-17-19-21-23-24-26-28-30-32-34-36-38-40-42-44-55(60)66-46-52(57)48-68-72(63,64)70-50-53(58)49-69-71(61,62)67-47-51(56)45-65-54(59)43-41-39-37-35-33-31-29-27-25-22-20-18-16-14-12-10-8-6-4-2/h5,7,11-14,17-20,23-24,28,30,34,36,51-53,56-58H,3-4,6,8-10,15-16,21-22,25-27,29,31-33,35,37-50H2,1-2H3,(H,61,62)(H,63,64)/b7-5-,13-11-,14-12-,19-17-,20-18-,24-23-,30-28-,36-34-. The van der Waals surface area contributed by atoms with Crippen molar-refractivity contribution >= 4 is 27.6 Å². The summed E-state index contributed by atoms with van der Waals surface area (Å²) < 4.78 is 53.1. The second-order valence-corrected chi connectivity index (χ2v) is 20.4. The Labute approximate surface area is 433 Å². The van der Waals surface area contributed by atoms with E-state index >= 15 is 0 Å². The summed E-state index contributed by atoms with van der Waals surface area (Å²) in [6, 6.07) is 0. The maximum atomic E-state index is 12.2. The van der Waals surface area contributed by atoms with E-state index in [0.717, 1.165) is 83.5 Å². The molecule has 0 saturated carbocycles. The fraction of sp³-hybridized carbons (Fsp3) is 0.673. The molecule has 5 N–H and O–H groups in total. The highest BCUT2D eigenvalue weighted by Crippen LogP contribution is 2.45. The van der Waals surface area contributed by atoms with Crippen LogP contribution in [0.5, 0.6) is 0 Å². The first-order valence-electron chi connectivity index (χ1n) is 26.6. The summed E-state index contributed by atoms with van der Waals surface area (Å²) in [6.07, 6.45) is 55.3. The second kappa shape index (κ2) is 50.1. The van der Waals surface area contributed by atoms with Crippen LogP contribution < -0.4 is 0 Å². The van der Waals surface area contributed by atoms with E-state index in [1.54, 1.807) is 0 Å². The molecule has 0 aliphatic carbocycles. The van der Waals surface area contributed by atoms with Crippen molar-refractivity contribution in [2.75, 3.05) is 39.6 Å². The number of aliphatic hydroxyl groups excluding tert-OH is 3. The van der Waals surface area contributed by atoms with Gasteiger partial charge in [-0.3, -0.25) is 27.7 Å². The third-order valence-electron chi connectivity index (χ3n) is 10.5. The topological polar surface area (TPSA) is 225 Å². The molecule has 0 aromatic rings. The fourth-order valence-electron chi connectivity index (χ4n) is 6.42. The van der Waals surface area contributed by atoms with Crippen LogP contribution in [0, 0.1) is 0 Å². The SMILES string of the molecule is CC/C=C\C/C=C\C/C=C\C/C=C\C/C=C\C/C=C\CCCCC(=O)OCC(O)COP(=O)(O)OCC(O)COP(=O)(O)OCC(O)COC(=O)CCCCCCCCCCC/C=C\C/C=C\CCCCC. The van der Waals surface area contributed by atoms with Gasteiger partial charge in [-0.25, -0.2) is 9.13 Å². The second-order valence-electron chi connectivity index (χ2n) is 17.5. The lowest BCUT2D eigenvalue weighted by Crippen LogP contribution is -2.25. The Bertz CT molecular complexity index is 1650. The van der Waals surface area contributed by atoms with E-state index in [2.05, 4.69) is 125 Å². The molecule has 0 bridgehead atoms. The summed E-state index contributed by atoms with van der Waals surface area (Å²) in [5.74, 6) is -1.05. The summed E-state index contributed by atoms with van der Waals surface area (Å²) in [6.45, 7) is 0.221. The van der Waals surface area contributed by atoms with Gasteiger partial charge in [0.15, 0.2) is 0 Å². The number of carbonyl (C=O) groups is 2. The van der Waals surface area contributed by atoms with Crippen LogP contribution in [-0.4, -0.2) is 95.0 Å². The Morgan fingerprint density at radius 1 is 0.375 bits per heavy atom. The Kier molecular flexibility index (Phi) is 48.0. The van der Waals surface area contributed by atoms with Crippen LogP contribution in [0.15, 0.2) is 97.2 Å². The third-order valence-corrected chi connectivity index (χ3v) is 12.4. The zero-order chi connectivity index (χ0) is 53.1. The van der Waals surface area contributed by atoms with Gasteiger partial charge in [-0.05, 0) is 96.3 Å². The van der Waals surface area contributed by atoms with Crippen molar-refractivity contribution in [2.24, 2.45) is 0 Å². The van der Waals surface area contributed by atoms with Gasteiger partial charge in [0.25, 0.3) is 0 Å². The van der Waals surface area contributed by atoms with Crippen LogP contribution in [0.1, 0.15) is 181 Å². The van der Waals surface area contributed by atoms with Crippen LogP contribution in [0.2, 0.25) is 0 Å². The number of hydrogen-bond acceptors (Lipinski definition) is 13. The molecule has 72 heavy (non-hydrogen) atoms. The Hall–Kier alpha value is -3.04. The molecule has 15 nitrogen and oxygen atoms in total. The van der Waals surface area contributed by atoms with E-state index in [9.17, 15) is 43.8 Å². The molecule has 0 spiro atoms. The molecule has 5 unspecified atom stereocenters. The van der Waals surface area contributed by atoms with Crippen LogP contribution in [0.25, 0.3) is 0 Å². The fourth-order valence-corrected chi connectivity index (χ4v) is 8.01. The van der Waals surface area contributed by atoms with Crippen LogP contribution in [0.3, 0.4) is 0 Å². The molecule has 414 valence electrons. The molecule has 5 atom stereocenters. The van der Waals surface area contributed by atoms with Crippen LogP contribution in [0.4, 0.5) is 0 Å². The highest BCUT2D eigenvalue weighted by Gasteiger charge is 2.28. The predicted octanol–water partition coefficient (Wildman–Crippen LogP) is 13.1. The van der Waals surface area contributed by atoms with Crippen molar-refractivity contribution in [3.05, 3.63) is 97.2 Å². The molecule has 0 amide bonds. The van der Waals surface area contributed by atoms with E-state index in [-0.39, 0.29) is 12.8 Å². The summed E-state index contributed by atoms with van der Waals surface area (Å²) in [4.78, 5) is 43.9. The molecular weight excluding hydrogens is 963 g/mol. The summed E-state index contributed by atoms with van der Waals surface area (Å²) in [5, 5.41) is 30.1. The number of hydrogen-bond donors (Lipinski definition) is 5. The van der Waals surface area contributed by atoms with Gasteiger partial charge in [0, 0.05) is 12.8 Å². The molecule has 0 aromatic heterocycles. The van der Waals surface area contributed by atoms with Crippen molar-refractivity contribution in [3.63, 3.8) is 0 Å². The van der Waals surface area contributed by atoms with Gasteiger partial charge in [-0.2, -0.15) is 0 Å². The molecule has 0 rings (SSSR count). The van der Waals surface area contributed by atoms with E-state index in [1.165, 1.54) is 57.8 Å². The number of carbonyl (C=O) groups excluding carboxylic acids is 2. The zero-order valence-electron chi connectivity index (χ0n) is 43.8. The maximum Gasteiger partial charge on any atom is 0.472 e. The average Bonchev–Trinajstić information content (AvgIpc) is 3.36. The minimum Gasteiger partial charge on any atom is -0.463 e. The van der Waals surface area contributed by atoms with Gasteiger partial charge in [0.05, 0.1) is 26.4 Å². The van der Waals surface area contributed by atoms with Gasteiger partial charge in [0.2, 0.25) is 0 Å². The third kappa shape index (κ3) is 51.8. The first-order chi connectivity index (χ1) is 34.8. The molecule has 0 fully saturated rings. The number of allylic oxidation sites excluding steroid dienone is 16. The van der Waals surface area contributed by atoms with Crippen LogP contribution in [-0.2, 0) is 46.3 Å². The summed E-state index contributed by atoms with van der Waals surface area (Å²) in [7, 11) is -9.60. The number of esters is 2. The number of phosphoric acid groups is 2. The molecule has 0 saturated heterocycles. The minimum atomic E-state index is -4.81. The van der Waals surface area contributed by atoms with Crippen molar-refractivity contribution in [3.8, 4) is 0 Å². The lowest BCUT2D eigenvalue weighted by molar-refractivity contribution is -0.148. The number of aliphatic hydroxyl groups is 3. The minimum absolute atomic E-state index is 0.136. The number of ether oxygens (including phenoxy) is 2. The smallest absolute Gasteiger partial charge is 0.463 e. The average molecular weight is 1060 g/mol. The normalized spacial score (nSPS) is 15.6. The number of phosphoric ester groups is 2. The van der Waals surface area contributed by atoms with Crippen molar-refractivity contribution < 1.29 is 71.4 Å². The lowest BCUT2D eigenvalue weighted by atomic mass is 10.1. The van der Waals surface area contributed by atoms with E-state index in [0.29, 0.717) is 12.8 Å². The largest absolute Gasteiger partial charge is 0.472 e. The molecule has 17 heteroatoms. The van der Waals surface area contributed by atoms with Gasteiger partial charge in [-0.1, -0.05) is 169 Å². The van der Waals surface area contributed by atoms with Gasteiger partial charge >= 0.3 is 27.6 Å². The van der Waals surface area contributed by atoms with E-state index < -0.39 is 85.5 Å². The monoisotopic (exact) mass is 1060 g/mol. The Morgan fingerprint density at radius 2 is 0.639 bits per heavy atom. The Balaban J connectivity index is 3.92. The van der Waals surface area contributed by atoms with E-state index in [4.69, 9.17) is 14.0 Å². The number of rotatable bonds is 50. The molecule has 0 radical (unpaired) electrons. The molecule has 0 aliphatic rings. The van der Waals surface area contributed by atoms with Gasteiger partial charge in [0.1, 0.15) is 31.5 Å². The highest BCUT2D eigenvalue weighted by atomic mass is 31.2. The Morgan fingerprint density at radius 3 is 0.986 bits per heavy atom. The maximum absolute atomic E-state index is 12.2. The van der Waals surface area contributed by atoms with Gasteiger partial charge < -0.3 is 34.6 Å². The first-order valence-corrected chi connectivity index (χ1v) is 29.6. The molecule has 0 aliphatic heterocycles. The number of unbranched alkanes of at least 4 members (excludes halogenated alkanes) is 14. The molecule has 0 aromatic carbocycles. The quantitative estimate of drug-likeness (QED) is 0.0165. The van der Waals surface area contributed by atoms with Crippen molar-refractivity contribution in [2.45, 2.75) is 199 Å². The highest BCUT2D eigenvalue weighted by molar-refractivity contribution is 7.47. The summed E-state index contributed by atoms with van der Waals surface area (Å²) >= 11 is 0. The molecule has 0 heterocycles. The molecular formula is C55H94O15P2. The van der Waals surface area contributed by atoms with Crippen molar-refractivity contribution in [1.82, 2.24) is 0 Å².